The van der Waals surface area contributed by atoms with Crippen molar-refractivity contribution in [3.8, 4) is 11.5 Å². The number of nitrogens with zero attached hydrogens (tertiary/aromatic N) is 1. The Morgan fingerprint density at radius 2 is 2.21 bits per heavy atom. The molecule has 2 aliphatic rings. The highest BCUT2D eigenvalue weighted by atomic mass is 16.6. The van der Waals surface area contributed by atoms with Crippen molar-refractivity contribution in [3.63, 3.8) is 0 Å². The molecule has 1 saturated heterocycles. The Morgan fingerprint density at radius 3 is 3.00 bits per heavy atom. The van der Waals surface area contributed by atoms with Crippen LogP contribution in [0.2, 0.25) is 0 Å². The Kier molecular flexibility index (Phi) is 3.29. The predicted molar refractivity (Wildman–Crippen MR) is 68.5 cm³/mol. The number of carbonyl (C=O) groups excluding carboxylic acids is 1. The number of fused-ring (bicyclic) bond motifs is 1. The van der Waals surface area contributed by atoms with E-state index >= 15 is 0 Å². The molecule has 19 heavy (non-hydrogen) atoms. The van der Waals surface area contributed by atoms with Crippen LogP contribution in [0.15, 0.2) is 18.2 Å². The molecule has 1 aromatic rings. The Balaban J connectivity index is 1.84. The summed E-state index contributed by atoms with van der Waals surface area (Å²) in [5, 5.41) is 9.15. The van der Waals surface area contributed by atoms with Gasteiger partial charge in [0.1, 0.15) is 13.2 Å². The molecular weight excluding hydrogens is 246 g/mol. The van der Waals surface area contributed by atoms with Crippen LogP contribution in [0.5, 0.6) is 11.5 Å². The van der Waals surface area contributed by atoms with Crippen LogP contribution in [0.25, 0.3) is 0 Å². The lowest BCUT2D eigenvalue weighted by molar-refractivity contribution is 0.0771. The second-order valence-electron chi connectivity index (χ2n) is 4.92. The standard InChI is InChI=1S/C14H17NO4/c16-9-10-4-5-15(8-10)14(17)11-2-1-3-12-13(11)19-7-6-18-12/h1-3,10,16H,4-9H2/t10-/m0/s1. The smallest absolute Gasteiger partial charge is 0.257 e. The molecule has 0 aromatic heterocycles. The molecule has 0 aliphatic carbocycles. The molecule has 5 heteroatoms. The number of likely N-dealkylation sites (tertiary alicyclic amines) is 1. The molecule has 0 spiro atoms. The first-order chi connectivity index (χ1) is 9.29. The van der Waals surface area contributed by atoms with E-state index in [4.69, 9.17) is 14.6 Å². The van der Waals surface area contributed by atoms with Gasteiger partial charge in [0, 0.05) is 25.6 Å². The fourth-order valence-electron chi connectivity index (χ4n) is 2.58. The molecule has 5 nitrogen and oxygen atoms in total. The van der Waals surface area contributed by atoms with Gasteiger partial charge in [-0.05, 0) is 18.6 Å². The minimum atomic E-state index is -0.0432. The molecule has 0 bridgehead atoms. The zero-order valence-electron chi connectivity index (χ0n) is 10.7. The van der Waals surface area contributed by atoms with Gasteiger partial charge in [0.05, 0.1) is 5.56 Å². The molecule has 1 N–H and O–H groups in total. The Labute approximate surface area is 111 Å². The van der Waals surface area contributed by atoms with Crippen LogP contribution < -0.4 is 9.47 Å². The van der Waals surface area contributed by atoms with Crippen LogP contribution in [0.4, 0.5) is 0 Å². The summed E-state index contributed by atoms with van der Waals surface area (Å²) >= 11 is 0. The quantitative estimate of drug-likeness (QED) is 0.861. The maximum atomic E-state index is 12.5. The number of benzene rings is 1. The summed E-state index contributed by atoms with van der Waals surface area (Å²) in [5.41, 5.74) is 0.552. The number of hydrogen-bond donors (Lipinski definition) is 1. The van der Waals surface area contributed by atoms with Gasteiger partial charge in [-0.3, -0.25) is 4.79 Å². The summed E-state index contributed by atoms with van der Waals surface area (Å²) in [6.07, 6.45) is 0.856. The third kappa shape index (κ3) is 2.26. The van der Waals surface area contributed by atoms with Gasteiger partial charge in [0.25, 0.3) is 5.91 Å². The van der Waals surface area contributed by atoms with Crippen LogP contribution in [0.1, 0.15) is 16.8 Å². The number of amides is 1. The third-order valence-electron chi connectivity index (χ3n) is 3.63. The van der Waals surface area contributed by atoms with E-state index in [0.29, 0.717) is 43.4 Å². The van der Waals surface area contributed by atoms with E-state index in [9.17, 15) is 4.79 Å². The average Bonchev–Trinajstić information content (AvgIpc) is 2.95. The fraction of sp³-hybridized carbons (Fsp3) is 0.500. The van der Waals surface area contributed by atoms with E-state index in [-0.39, 0.29) is 18.4 Å². The normalized spacial score (nSPS) is 21.5. The second kappa shape index (κ2) is 5.09. The summed E-state index contributed by atoms with van der Waals surface area (Å²) < 4.78 is 11.1. The number of hydrogen-bond acceptors (Lipinski definition) is 4. The largest absolute Gasteiger partial charge is 0.486 e. The van der Waals surface area contributed by atoms with E-state index in [1.54, 1.807) is 17.0 Å². The van der Waals surface area contributed by atoms with Crippen molar-refractivity contribution in [1.29, 1.82) is 0 Å². The molecule has 2 heterocycles. The van der Waals surface area contributed by atoms with E-state index in [0.717, 1.165) is 6.42 Å². The monoisotopic (exact) mass is 263 g/mol. The molecule has 0 saturated carbocycles. The summed E-state index contributed by atoms with van der Waals surface area (Å²) in [6, 6.07) is 5.38. The van der Waals surface area contributed by atoms with Crippen molar-refractivity contribution in [1.82, 2.24) is 4.90 Å². The van der Waals surface area contributed by atoms with Gasteiger partial charge in [-0.25, -0.2) is 0 Å². The van der Waals surface area contributed by atoms with Crippen LogP contribution in [-0.4, -0.2) is 48.8 Å². The number of rotatable bonds is 2. The predicted octanol–water partition coefficient (Wildman–Crippen LogP) is 0.912. The van der Waals surface area contributed by atoms with Crippen LogP contribution in [-0.2, 0) is 0 Å². The van der Waals surface area contributed by atoms with Gasteiger partial charge in [-0.15, -0.1) is 0 Å². The van der Waals surface area contributed by atoms with Crippen molar-refractivity contribution in [2.24, 2.45) is 5.92 Å². The van der Waals surface area contributed by atoms with E-state index in [1.165, 1.54) is 0 Å². The van der Waals surface area contributed by atoms with Crippen LogP contribution in [0.3, 0.4) is 0 Å². The highest BCUT2D eigenvalue weighted by molar-refractivity contribution is 5.98. The Morgan fingerprint density at radius 1 is 1.37 bits per heavy atom. The SMILES string of the molecule is O=C(c1cccc2c1OCCO2)N1CC[C@H](CO)C1. The van der Waals surface area contributed by atoms with Crippen molar-refractivity contribution in [2.45, 2.75) is 6.42 Å². The lowest BCUT2D eigenvalue weighted by Crippen LogP contribution is -2.30. The highest BCUT2D eigenvalue weighted by Crippen LogP contribution is 2.34. The molecule has 1 fully saturated rings. The molecule has 102 valence electrons. The molecule has 1 amide bonds. The molecule has 1 aromatic carbocycles. The van der Waals surface area contributed by atoms with E-state index < -0.39 is 0 Å². The van der Waals surface area contributed by atoms with Gasteiger partial charge in [0.2, 0.25) is 0 Å². The molecule has 2 aliphatic heterocycles. The molecule has 1 atom stereocenters. The first-order valence-corrected chi connectivity index (χ1v) is 6.58. The second-order valence-corrected chi connectivity index (χ2v) is 4.92. The van der Waals surface area contributed by atoms with Crippen molar-refractivity contribution >= 4 is 5.91 Å². The molecular formula is C14H17NO4. The van der Waals surface area contributed by atoms with Gasteiger partial charge < -0.3 is 19.5 Å². The third-order valence-corrected chi connectivity index (χ3v) is 3.63. The Bertz CT molecular complexity index is 488. The van der Waals surface area contributed by atoms with Crippen molar-refractivity contribution < 1.29 is 19.4 Å². The van der Waals surface area contributed by atoms with Crippen LogP contribution >= 0.6 is 0 Å². The minimum absolute atomic E-state index is 0.0432. The number of ether oxygens (including phenoxy) is 2. The highest BCUT2D eigenvalue weighted by Gasteiger charge is 2.29. The molecule has 0 radical (unpaired) electrons. The first kappa shape index (κ1) is 12.3. The van der Waals surface area contributed by atoms with Crippen molar-refractivity contribution in [2.75, 3.05) is 32.9 Å². The lowest BCUT2D eigenvalue weighted by Gasteiger charge is -2.23. The van der Waals surface area contributed by atoms with Crippen LogP contribution in [0, 0.1) is 5.92 Å². The number of aliphatic hydroxyl groups is 1. The fourth-order valence-corrected chi connectivity index (χ4v) is 2.58. The topological polar surface area (TPSA) is 59.0 Å². The summed E-state index contributed by atoms with van der Waals surface area (Å²) in [6.45, 7) is 2.42. The maximum Gasteiger partial charge on any atom is 0.257 e. The molecule has 0 unspecified atom stereocenters. The Hall–Kier alpha value is -1.75. The van der Waals surface area contributed by atoms with E-state index in [2.05, 4.69) is 0 Å². The van der Waals surface area contributed by atoms with Crippen molar-refractivity contribution in [3.05, 3.63) is 23.8 Å². The summed E-state index contributed by atoms with van der Waals surface area (Å²) in [5.74, 6) is 1.33. The first-order valence-electron chi connectivity index (χ1n) is 6.58. The van der Waals surface area contributed by atoms with Gasteiger partial charge in [0.15, 0.2) is 11.5 Å². The summed E-state index contributed by atoms with van der Waals surface area (Å²) in [7, 11) is 0. The number of para-hydroxylation sites is 1. The zero-order chi connectivity index (χ0) is 13.2. The summed E-state index contributed by atoms with van der Waals surface area (Å²) in [4.78, 5) is 14.3. The minimum Gasteiger partial charge on any atom is -0.486 e. The molecule has 3 rings (SSSR count). The maximum absolute atomic E-state index is 12.5. The zero-order valence-corrected chi connectivity index (χ0v) is 10.7. The van der Waals surface area contributed by atoms with Gasteiger partial charge in [-0.2, -0.15) is 0 Å². The van der Waals surface area contributed by atoms with E-state index in [1.807, 2.05) is 6.07 Å². The number of aliphatic hydroxyl groups excluding tert-OH is 1. The van der Waals surface area contributed by atoms with Gasteiger partial charge in [-0.1, -0.05) is 6.07 Å². The van der Waals surface area contributed by atoms with Gasteiger partial charge >= 0.3 is 0 Å². The average molecular weight is 263 g/mol. The lowest BCUT2D eigenvalue weighted by atomic mass is 10.1. The number of carbonyl (C=O) groups is 1.